The molecule has 0 spiro atoms. The van der Waals surface area contributed by atoms with E-state index < -0.39 is 12.6 Å². The van der Waals surface area contributed by atoms with Gasteiger partial charge in [-0.05, 0) is 41.8 Å². The Labute approximate surface area is 203 Å². The van der Waals surface area contributed by atoms with E-state index in [4.69, 9.17) is 4.74 Å². The van der Waals surface area contributed by atoms with Crippen LogP contribution in [0.5, 0.6) is 0 Å². The number of carbonyl (C=O) groups is 4. The van der Waals surface area contributed by atoms with Gasteiger partial charge in [0, 0.05) is 25.3 Å². The minimum Gasteiger partial charge on any atom is -0.452 e. The lowest BCUT2D eigenvalue weighted by Gasteiger charge is -2.18. The van der Waals surface area contributed by atoms with E-state index >= 15 is 0 Å². The van der Waals surface area contributed by atoms with Gasteiger partial charge in [-0.15, -0.1) is 0 Å². The third-order valence-corrected chi connectivity index (χ3v) is 5.91. The molecule has 1 N–H and O–H groups in total. The molecule has 1 aliphatic heterocycles. The average Bonchev–Trinajstić information content (AvgIpc) is 3.24. The van der Waals surface area contributed by atoms with Crippen molar-refractivity contribution in [2.75, 3.05) is 18.1 Å². The molecule has 0 saturated carbocycles. The molecule has 7 heteroatoms. The fourth-order valence-corrected chi connectivity index (χ4v) is 4.13. The van der Waals surface area contributed by atoms with Gasteiger partial charge >= 0.3 is 5.97 Å². The monoisotopic (exact) mass is 470 g/mol. The minimum atomic E-state index is -0.655. The topological polar surface area (TPSA) is 92.8 Å². The quantitative estimate of drug-likeness (QED) is 0.379. The third kappa shape index (κ3) is 6.00. The number of rotatable bonds is 9. The predicted molar refractivity (Wildman–Crippen MR) is 131 cm³/mol. The van der Waals surface area contributed by atoms with Gasteiger partial charge in [-0.25, -0.2) is 4.79 Å². The maximum absolute atomic E-state index is 12.3. The van der Waals surface area contributed by atoms with Crippen LogP contribution in [0, 0.1) is 0 Å². The van der Waals surface area contributed by atoms with Crippen molar-refractivity contribution in [1.29, 1.82) is 0 Å². The van der Waals surface area contributed by atoms with Crippen LogP contribution in [-0.4, -0.2) is 36.8 Å². The molecule has 0 radical (unpaired) electrons. The number of carbonyl (C=O) groups excluding carboxylic acids is 4. The smallest absolute Gasteiger partial charge is 0.338 e. The van der Waals surface area contributed by atoms with Crippen LogP contribution in [0.4, 0.5) is 5.69 Å². The van der Waals surface area contributed by atoms with Gasteiger partial charge in [-0.3, -0.25) is 19.3 Å². The summed E-state index contributed by atoms with van der Waals surface area (Å²) >= 11 is 0. The lowest BCUT2D eigenvalue weighted by Crippen LogP contribution is -2.30. The molecule has 7 nitrogen and oxygen atoms in total. The predicted octanol–water partition coefficient (Wildman–Crippen LogP) is 3.84. The second-order valence-corrected chi connectivity index (χ2v) is 8.26. The van der Waals surface area contributed by atoms with Crippen LogP contribution >= 0.6 is 0 Å². The SMILES string of the molecule is O=C(COC(=O)c1ccc(N2C(=O)CCC2=O)cc1)NCCC(c1ccccc1)c1ccccc1. The minimum absolute atomic E-state index is 0.133. The molecule has 1 fully saturated rings. The van der Waals surface area contributed by atoms with Crippen molar-refractivity contribution < 1.29 is 23.9 Å². The van der Waals surface area contributed by atoms with Gasteiger partial charge in [-0.1, -0.05) is 60.7 Å². The summed E-state index contributed by atoms with van der Waals surface area (Å²) < 4.78 is 5.13. The Bertz CT molecular complexity index is 1140. The number of esters is 1. The van der Waals surface area contributed by atoms with Gasteiger partial charge in [0.25, 0.3) is 5.91 Å². The van der Waals surface area contributed by atoms with Crippen molar-refractivity contribution in [3.8, 4) is 0 Å². The molecule has 3 amide bonds. The van der Waals surface area contributed by atoms with Gasteiger partial charge in [-0.2, -0.15) is 0 Å². The Hall–Kier alpha value is -4.26. The summed E-state index contributed by atoms with van der Waals surface area (Å²) in [6.45, 7) is 0.0302. The number of hydrogen-bond donors (Lipinski definition) is 1. The van der Waals surface area contributed by atoms with Crippen LogP contribution in [0.2, 0.25) is 0 Å². The molecule has 0 bridgehead atoms. The maximum Gasteiger partial charge on any atom is 0.338 e. The van der Waals surface area contributed by atoms with Crippen LogP contribution in [-0.2, 0) is 19.1 Å². The Morgan fingerprint density at radius 1 is 0.800 bits per heavy atom. The Morgan fingerprint density at radius 2 is 1.34 bits per heavy atom. The molecule has 0 atom stereocenters. The van der Waals surface area contributed by atoms with E-state index in [0.717, 1.165) is 4.90 Å². The molecule has 1 heterocycles. The van der Waals surface area contributed by atoms with E-state index in [2.05, 4.69) is 29.6 Å². The van der Waals surface area contributed by atoms with Gasteiger partial charge in [0.1, 0.15) is 0 Å². The third-order valence-electron chi connectivity index (χ3n) is 5.91. The van der Waals surface area contributed by atoms with E-state index in [1.165, 1.54) is 35.4 Å². The van der Waals surface area contributed by atoms with E-state index in [-0.39, 0.29) is 42.0 Å². The number of anilines is 1. The second kappa shape index (κ2) is 11.2. The molecular weight excluding hydrogens is 444 g/mol. The van der Waals surface area contributed by atoms with Gasteiger partial charge in [0.2, 0.25) is 11.8 Å². The number of nitrogens with zero attached hydrogens (tertiary/aromatic N) is 1. The summed E-state index contributed by atoms with van der Waals surface area (Å²) in [5, 5.41) is 2.82. The summed E-state index contributed by atoms with van der Waals surface area (Å²) in [5.41, 5.74) is 2.98. The lowest BCUT2D eigenvalue weighted by atomic mass is 9.88. The molecule has 3 aromatic carbocycles. The molecule has 0 aliphatic carbocycles. The highest BCUT2D eigenvalue weighted by molar-refractivity contribution is 6.19. The number of amides is 3. The maximum atomic E-state index is 12.3. The molecule has 0 unspecified atom stereocenters. The Morgan fingerprint density at radius 3 is 1.89 bits per heavy atom. The van der Waals surface area contributed by atoms with Gasteiger partial charge < -0.3 is 10.1 Å². The zero-order valence-corrected chi connectivity index (χ0v) is 19.2. The summed E-state index contributed by atoms with van der Waals surface area (Å²) in [4.78, 5) is 49.4. The molecule has 1 saturated heterocycles. The molecule has 0 aromatic heterocycles. The van der Waals surface area contributed by atoms with E-state index in [1.54, 1.807) is 0 Å². The number of nitrogens with one attached hydrogen (secondary N) is 1. The van der Waals surface area contributed by atoms with Crippen molar-refractivity contribution in [1.82, 2.24) is 5.32 Å². The van der Waals surface area contributed by atoms with E-state index in [9.17, 15) is 19.2 Å². The van der Waals surface area contributed by atoms with Crippen molar-refractivity contribution >= 4 is 29.4 Å². The lowest BCUT2D eigenvalue weighted by molar-refractivity contribution is -0.124. The standard InChI is InChI=1S/C28H26N2O5/c31-25(29-18-17-24(20-7-3-1-4-8-20)21-9-5-2-6-10-21)19-35-28(34)22-11-13-23(14-12-22)30-26(32)15-16-27(30)33/h1-14,24H,15-19H2,(H,29,31). The van der Waals surface area contributed by atoms with E-state index in [0.29, 0.717) is 18.7 Å². The molecule has 1 aliphatic rings. The normalized spacial score (nSPS) is 13.2. The van der Waals surface area contributed by atoms with Gasteiger partial charge in [0.05, 0.1) is 11.3 Å². The zero-order chi connectivity index (χ0) is 24.6. The largest absolute Gasteiger partial charge is 0.452 e. The molecular formula is C28H26N2O5. The van der Waals surface area contributed by atoms with Crippen LogP contribution in [0.15, 0.2) is 84.9 Å². The van der Waals surface area contributed by atoms with Crippen LogP contribution in [0.25, 0.3) is 0 Å². The van der Waals surface area contributed by atoms with E-state index in [1.807, 2.05) is 36.4 Å². The fraction of sp³-hybridized carbons (Fsp3) is 0.214. The first-order chi connectivity index (χ1) is 17.0. The second-order valence-electron chi connectivity index (χ2n) is 8.26. The summed E-state index contributed by atoms with van der Waals surface area (Å²) in [5.74, 6) is -1.43. The van der Waals surface area contributed by atoms with Crippen LogP contribution in [0.1, 0.15) is 46.7 Å². The summed E-state index contributed by atoms with van der Waals surface area (Å²) in [6.07, 6.45) is 1.08. The van der Waals surface area contributed by atoms with Crippen molar-refractivity contribution in [2.45, 2.75) is 25.2 Å². The molecule has 178 valence electrons. The zero-order valence-electron chi connectivity index (χ0n) is 19.2. The summed E-state index contributed by atoms with van der Waals surface area (Å²) in [7, 11) is 0. The number of benzene rings is 3. The van der Waals surface area contributed by atoms with Crippen molar-refractivity contribution in [3.63, 3.8) is 0 Å². The molecule has 4 rings (SSSR count). The van der Waals surface area contributed by atoms with Crippen molar-refractivity contribution in [2.24, 2.45) is 0 Å². The average molecular weight is 471 g/mol. The first-order valence-corrected chi connectivity index (χ1v) is 11.5. The highest BCUT2D eigenvalue weighted by Crippen LogP contribution is 2.27. The first-order valence-electron chi connectivity index (χ1n) is 11.5. The fourth-order valence-electron chi connectivity index (χ4n) is 4.13. The highest BCUT2D eigenvalue weighted by Gasteiger charge is 2.30. The van der Waals surface area contributed by atoms with Gasteiger partial charge in [0.15, 0.2) is 6.61 Å². The first kappa shape index (κ1) is 23.9. The molecule has 35 heavy (non-hydrogen) atoms. The number of ether oxygens (including phenoxy) is 1. The van der Waals surface area contributed by atoms with Crippen LogP contribution in [0.3, 0.4) is 0 Å². The number of hydrogen-bond acceptors (Lipinski definition) is 5. The number of imide groups is 1. The molecule has 3 aromatic rings. The van der Waals surface area contributed by atoms with Crippen LogP contribution < -0.4 is 10.2 Å². The summed E-state index contributed by atoms with van der Waals surface area (Å²) in [6, 6.07) is 26.2. The highest BCUT2D eigenvalue weighted by atomic mass is 16.5. The van der Waals surface area contributed by atoms with Crippen molar-refractivity contribution in [3.05, 3.63) is 102 Å². The Kier molecular flexibility index (Phi) is 7.67. The Balaban J connectivity index is 1.27.